The molecule has 0 bridgehead atoms. The first-order valence-electron chi connectivity index (χ1n) is 2.89. The minimum atomic E-state index is 1.25. The van der Waals surface area contributed by atoms with Crippen LogP contribution in [0.25, 0.3) is 0 Å². The van der Waals surface area contributed by atoms with E-state index in [1.807, 2.05) is 11.8 Å². The molecule has 0 saturated heterocycles. The molecule has 0 radical (unpaired) electrons. The lowest BCUT2D eigenvalue weighted by Crippen LogP contribution is -1.59. The molecule has 0 aromatic rings. The first kappa shape index (κ1) is 5.96. The van der Waals surface area contributed by atoms with Crippen LogP contribution < -0.4 is 0 Å². The molecule has 0 fully saturated rings. The Balaban J connectivity index is 2.45. The van der Waals surface area contributed by atoms with E-state index in [1.165, 1.54) is 17.1 Å². The molecule has 1 aliphatic heterocycles. The molecule has 1 rings (SSSR count). The summed E-state index contributed by atoms with van der Waals surface area (Å²) in [6.45, 7) is 2.06. The predicted molar refractivity (Wildman–Crippen MR) is 40.0 cm³/mol. The highest BCUT2D eigenvalue weighted by atomic mass is 32.2. The average Bonchev–Trinajstić information content (AvgIpc) is 2.19. The molecule has 0 amide bonds. The van der Waals surface area contributed by atoms with Crippen LogP contribution in [-0.2, 0) is 0 Å². The summed E-state index contributed by atoms with van der Waals surface area (Å²) in [5, 5.41) is 0. The maximum absolute atomic E-state index is 2.28. The fourth-order valence-corrected chi connectivity index (χ4v) is 1.66. The van der Waals surface area contributed by atoms with E-state index in [0.717, 1.165) is 0 Å². The topological polar surface area (TPSA) is 0 Å². The molecule has 0 atom stereocenters. The highest BCUT2D eigenvalue weighted by Crippen LogP contribution is 2.24. The van der Waals surface area contributed by atoms with Crippen molar-refractivity contribution >= 4 is 11.8 Å². The van der Waals surface area contributed by atoms with E-state index in [4.69, 9.17) is 0 Å². The molecule has 1 heteroatoms. The van der Waals surface area contributed by atoms with Crippen molar-refractivity contribution in [2.45, 2.75) is 13.3 Å². The molecular weight excluding hydrogens is 116 g/mol. The molecule has 1 aliphatic rings. The van der Waals surface area contributed by atoms with E-state index in [1.54, 1.807) is 0 Å². The van der Waals surface area contributed by atoms with Crippen LogP contribution in [0.1, 0.15) is 13.3 Å². The lowest BCUT2D eigenvalue weighted by atomic mass is 10.4. The highest BCUT2D eigenvalue weighted by molar-refractivity contribution is 8.03. The van der Waals surface area contributed by atoms with Crippen molar-refractivity contribution in [3.05, 3.63) is 23.1 Å². The van der Waals surface area contributed by atoms with Gasteiger partial charge in [0.25, 0.3) is 0 Å². The summed E-state index contributed by atoms with van der Waals surface area (Å²) in [6, 6.07) is 0. The van der Waals surface area contributed by atoms with Crippen molar-refractivity contribution in [2.24, 2.45) is 0 Å². The van der Waals surface area contributed by atoms with Crippen molar-refractivity contribution in [2.75, 3.05) is 5.75 Å². The van der Waals surface area contributed by atoms with Crippen LogP contribution >= 0.6 is 11.8 Å². The van der Waals surface area contributed by atoms with Crippen molar-refractivity contribution in [1.82, 2.24) is 0 Å². The van der Waals surface area contributed by atoms with E-state index in [0.29, 0.717) is 0 Å². The first-order chi connectivity index (χ1) is 3.93. The summed E-state index contributed by atoms with van der Waals surface area (Å²) in [4.78, 5) is 1.44. The average molecular weight is 126 g/mol. The molecule has 1 heterocycles. The fourth-order valence-electron chi connectivity index (χ4n) is 0.717. The van der Waals surface area contributed by atoms with Gasteiger partial charge in [0.05, 0.1) is 0 Å². The first-order valence-corrected chi connectivity index (χ1v) is 3.87. The van der Waals surface area contributed by atoms with Gasteiger partial charge in [0.15, 0.2) is 0 Å². The maximum Gasteiger partial charge on any atom is 0.00291 e. The lowest BCUT2D eigenvalue weighted by Gasteiger charge is -1.85. The summed E-state index contributed by atoms with van der Waals surface area (Å²) < 4.78 is 0. The normalized spacial score (nSPS) is 19.9. The van der Waals surface area contributed by atoms with Crippen LogP contribution in [0.5, 0.6) is 0 Å². The third-order valence-electron chi connectivity index (χ3n) is 1.06. The molecule has 0 unspecified atom stereocenters. The predicted octanol–water partition coefficient (Wildman–Crippen LogP) is 2.58. The number of thioether (sulfide) groups is 1. The Morgan fingerprint density at radius 2 is 2.62 bits per heavy atom. The quantitative estimate of drug-likeness (QED) is 0.520. The SMILES string of the molecule is C/C=C/C1=CCCS1. The second-order valence-corrected chi connectivity index (χ2v) is 2.91. The summed E-state index contributed by atoms with van der Waals surface area (Å²) in [6.07, 6.45) is 7.79. The van der Waals surface area contributed by atoms with Gasteiger partial charge < -0.3 is 0 Å². The van der Waals surface area contributed by atoms with Crippen LogP contribution in [0.15, 0.2) is 23.1 Å². The minimum absolute atomic E-state index is 1.25. The molecule has 8 heavy (non-hydrogen) atoms. The van der Waals surface area contributed by atoms with Gasteiger partial charge in [-0.2, -0.15) is 0 Å². The molecule has 0 nitrogen and oxygen atoms in total. The number of hydrogen-bond donors (Lipinski definition) is 0. The molecular formula is C7H10S. The third-order valence-corrected chi connectivity index (χ3v) is 2.14. The Morgan fingerprint density at radius 1 is 1.75 bits per heavy atom. The second kappa shape index (κ2) is 2.98. The van der Waals surface area contributed by atoms with Gasteiger partial charge in [0.2, 0.25) is 0 Å². The Hall–Kier alpha value is -0.170. The summed E-state index contributed by atoms with van der Waals surface area (Å²) in [5.41, 5.74) is 0. The van der Waals surface area contributed by atoms with Gasteiger partial charge in [-0.25, -0.2) is 0 Å². The van der Waals surface area contributed by atoms with Gasteiger partial charge in [0.1, 0.15) is 0 Å². The van der Waals surface area contributed by atoms with Crippen LogP contribution in [-0.4, -0.2) is 5.75 Å². The Kier molecular flexibility index (Phi) is 2.22. The number of allylic oxidation sites excluding steroid dienone is 3. The van der Waals surface area contributed by atoms with Gasteiger partial charge in [-0.1, -0.05) is 18.2 Å². The van der Waals surface area contributed by atoms with E-state index in [9.17, 15) is 0 Å². The molecule has 0 spiro atoms. The number of rotatable bonds is 1. The van der Waals surface area contributed by atoms with Crippen LogP contribution in [0.3, 0.4) is 0 Å². The molecule has 0 aromatic carbocycles. The fraction of sp³-hybridized carbons (Fsp3) is 0.429. The Labute approximate surface area is 54.7 Å². The highest BCUT2D eigenvalue weighted by Gasteiger charge is 1.98. The molecule has 0 aromatic heterocycles. The van der Waals surface area contributed by atoms with Gasteiger partial charge in [-0.3, -0.25) is 0 Å². The van der Waals surface area contributed by atoms with Crippen molar-refractivity contribution in [1.29, 1.82) is 0 Å². The number of hydrogen-bond acceptors (Lipinski definition) is 1. The molecule has 0 aliphatic carbocycles. The van der Waals surface area contributed by atoms with Crippen LogP contribution in [0, 0.1) is 0 Å². The zero-order chi connectivity index (χ0) is 5.82. The standard InChI is InChI=1S/C7H10S/c1-2-4-7-5-3-6-8-7/h2,4-5H,3,6H2,1H3/b4-2+. The minimum Gasteiger partial charge on any atom is -0.126 e. The van der Waals surface area contributed by atoms with E-state index in [2.05, 4.69) is 25.2 Å². The monoisotopic (exact) mass is 126 g/mol. The van der Waals surface area contributed by atoms with Crippen molar-refractivity contribution in [3.63, 3.8) is 0 Å². The summed E-state index contributed by atoms with van der Waals surface area (Å²) in [7, 11) is 0. The van der Waals surface area contributed by atoms with Gasteiger partial charge in [-0.15, -0.1) is 11.8 Å². The summed E-state index contributed by atoms with van der Waals surface area (Å²) in [5.74, 6) is 1.28. The zero-order valence-corrected chi connectivity index (χ0v) is 5.87. The third kappa shape index (κ3) is 1.41. The van der Waals surface area contributed by atoms with Gasteiger partial charge >= 0.3 is 0 Å². The molecule has 0 saturated carbocycles. The molecule has 44 valence electrons. The smallest absolute Gasteiger partial charge is 0.00291 e. The maximum atomic E-state index is 2.28. The summed E-state index contributed by atoms with van der Waals surface area (Å²) >= 11 is 1.94. The Morgan fingerprint density at radius 3 is 3.12 bits per heavy atom. The lowest BCUT2D eigenvalue weighted by molar-refractivity contribution is 1.27. The largest absolute Gasteiger partial charge is 0.126 e. The van der Waals surface area contributed by atoms with E-state index in [-0.39, 0.29) is 0 Å². The second-order valence-electron chi connectivity index (χ2n) is 1.74. The van der Waals surface area contributed by atoms with Gasteiger partial charge in [-0.05, 0) is 13.3 Å². The molecule has 0 N–H and O–H groups in total. The van der Waals surface area contributed by atoms with E-state index >= 15 is 0 Å². The van der Waals surface area contributed by atoms with Crippen molar-refractivity contribution in [3.8, 4) is 0 Å². The van der Waals surface area contributed by atoms with Crippen molar-refractivity contribution < 1.29 is 0 Å². The zero-order valence-electron chi connectivity index (χ0n) is 5.05. The van der Waals surface area contributed by atoms with Gasteiger partial charge in [0, 0.05) is 10.7 Å². The van der Waals surface area contributed by atoms with Crippen LogP contribution in [0.4, 0.5) is 0 Å². The Bertz CT molecular complexity index is 122. The van der Waals surface area contributed by atoms with Crippen LogP contribution in [0.2, 0.25) is 0 Å². The van der Waals surface area contributed by atoms with E-state index < -0.39 is 0 Å².